The van der Waals surface area contributed by atoms with Gasteiger partial charge in [0.25, 0.3) is 0 Å². The second-order valence-corrected chi connectivity index (χ2v) is 5.53. The first kappa shape index (κ1) is 17.6. The summed E-state index contributed by atoms with van der Waals surface area (Å²) in [6.07, 6.45) is 3.22. The Hall–Kier alpha value is -1.43. The lowest BCUT2D eigenvalue weighted by Gasteiger charge is -2.22. The fourth-order valence-corrected chi connectivity index (χ4v) is 2.17. The quantitative estimate of drug-likeness (QED) is 0.454. The topological polar surface area (TPSA) is 36.9 Å². The molecule has 0 radical (unpaired) electrons. The maximum Gasteiger partial charge on any atom is 0.193 e. The standard InChI is InChI=1S/C15H24FN3OS/c1-17-15(18-9-4-12-21-3)19(2)10-11-20-14-7-5-13(16)6-8-14/h5-8H,4,9-12H2,1-3H3,(H,17,18). The number of nitrogens with one attached hydrogen (secondary N) is 1. The number of hydrogen-bond acceptors (Lipinski definition) is 3. The summed E-state index contributed by atoms with van der Waals surface area (Å²) in [6.45, 7) is 2.14. The zero-order valence-electron chi connectivity index (χ0n) is 12.9. The van der Waals surface area contributed by atoms with E-state index >= 15 is 0 Å². The van der Waals surface area contributed by atoms with Gasteiger partial charge in [0, 0.05) is 20.6 Å². The summed E-state index contributed by atoms with van der Waals surface area (Å²) in [5, 5.41) is 3.32. The Bertz CT molecular complexity index is 425. The molecule has 0 bridgehead atoms. The smallest absolute Gasteiger partial charge is 0.193 e. The van der Waals surface area contributed by atoms with E-state index in [4.69, 9.17) is 4.74 Å². The van der Waals surface area contributed by atoms with Crippen LogP contribution in [0.5, 0.6) is 5.75 Å². The van der Waals surface area contributed by atoms with Crippen LogP contribution in [0, 0.1) is 5.82 Å². The molecule has 0 saturated carbocycles. The number of nitrogens with zero attached hydrogens (tertiary/aromatic N) is 2. The van der Waals surface area contributed by atoms with Crippen molar-refractivity contribution in [3.05, 3.63) is 30.1 Å². The third-order valence-corrected chi connectivity index (χ3v) is 3.59. The first-order chi connectivity index (χ1) is 10.2. The molecule has 118 valence electrons. The van der Waals surface area contributed by atoms with Gasteiger partial charge in [-0.15, -0.1) is 0 Å². The van der Waals surface area contributed by atoms with E-state index in [2.05, 4.69) is 16.6 Å². The molecule has 0 amide bonds. The lowest BCUT2D eigenvalue weighted by Crippen LogP contribution is -2.41. The minimum Gasteiger partial charge on any atom is -0.492 e. The fraction of sp³-hybridized carbons (Fsp3) is 0.533. The molecule has 1 aromatic rings. The molecule has 1 N–H and O–H groups in total. The van der Waals surface area contributed by atoms with E-state index in [0.29, 0.717) is 18.9 Å². The molecule has 0 atom stereocenters. The molecule has 0 aromatic heterocycles. The molecule has 0 aliphatic heterocycles. The zero-order chi connectivity index (χ0) is 15.5. The molecule has 0 spiro atoms. The van der Waals surface area contributed by atoms with Gasteiger partial charge >= 0.3 is 0 Å². The molecule has 21 heavy (non-hydrogen) atoms. The van der Waals surface area contributed by atoms with Crippen molar-refractivity contribution in [3.8, 4) is 5.75 Å². The molecule has 0 heterocycles. The molecule has 0 fully saturated rings. The first-order valence-electron chi connectivity index (χ1n) is 6.96. The van der Waals surface area contributed by atoms with E-state index < -0.39 is 0 Å². The van der Waals surface area contributed by atoms with Gasteiger partial charge in [-0.05, 0) is 42.7 Å². The van der Waals surface area contributed by atoms with Crippen LogP contribution in [-0.2, 0) is 0 Å². The van der Waals surface area contributed by atoms with Gasteiger partial charge in [-0.1, -0.05) is 0 Å². The molecular formula is C15H24FN3OS. The Balaban J connectivity index is 2.27. The molecular weight excluding hydrogens is 289 g/mol. The highest BCUT2D eigenvalue weighted by Crippen LogP contribution is 2.10. The Labute approximate surface area is 130 Å². The number of ether oxygens (including phenoxy) is 1. The lowest BCUT2D eigenvalue weighted by atomic mass is 10.3. The van der Waals surface area contributed by atoms with Gasteiger partial charge in [0.15, 0.2) is 5.96 Å². The number of aliphatic imine (C=N–C) groups is 1. The van der Waals surface area contributed by atoms with E-state index in [1.807, 2.05) is 23.7 Å². The van der Waals surface area contributed by atoms with Crippen molar-refractivity contribution in [1.82, 2.24) is 10.2 Å². The largest absolute Gasteiger partial charge is 0.492 e. The number of thioether (sulfide) groups is 1. The highest BCUT2D eigenvalue weighted by atomic mass is 32.2. The number of likely N-dealkylation sites (N-methyl/N-ethyl adjacent to an activating group) is 1. The minimum atomic E-state index is -0.255. The number of rotatable bonds is 8. The molecule has 0 aliphatic carbocycles. The second kappa shape index (κ2) is 10.3. The second-order valence-electron chi connectivity index (χ2n) is 4.54. The van der Waals surface area contributed by atoms with Gasteiger partial charge in [-0.25, -0.2) is 4.39 Å². The van der Waals surface area contributed by atoms with Gasteiger partial charge in [-0.3, -0.25) is 4.99 Å². The predicted molar refractivity (Wildman–Crippen MR) is 88.9 cm³/mol. The van der Waals surface area contributed by atoms with Crippen LogP contribution in [0.4, 0.5) is 4.39 Å². The molecule has 0 saturated heterocycles. The minimum absolute atomic E-state index is 0.255. The Morgan fingerprint density at radius 1 is 1.38 bits per heavy atom. The molecule has 0 aliphatic rings. The summed E-state index contributed by atoms with van der Waals surface area (Å²) in [6, 6.07) is 6.05. The van der Waals surface area contributed by atoms with Crippen LogP contribution in [0.2, 0.25) is 0 Å². The SMILES string of the molecule is CN=C(NCCCSC)N(C)CCOc1ccc(F)cc1. The Morgan fingerprint density at radius 2 is 2.10 bits per heavy atom. The van der Waals surface area contributed by atoms with Crippen LogP contribution in [0.15, 0.2) is 29.3 Å². The van der Waals surface area contributed by atoms with Crippen LogP contribution in [-0.4, -0.2) is 56.7 Å². The van der Waals surface area contributed by atoms with Crippen molar-refractivity contribution < 1.29 is 9.13 Å². The van der Waals surface area contributed by atoms with Crippen LogP contribution in [0.3, 0.4) is 0 Å². The maximum atomic E-state index is 12.8. The molecule has 4 nitrogen and oxygen atoms in total. The lowest BCUT2D eigenvalue weighted by molar-refractivity contribution is 0.281. The van der Waals surface area contributed by atoms with Crippen molar-refractivity contribution in [2.75, 3.05) is 45.8 Å². The first-order valence-corrected chi connectivity index (χ1v) is 8.36. The monoisotopic (exact) mass is 313 g/mol. The van der Waals surface area contributed by atoms with Crippen molar-refractivity contribution in [3.63, 3.8) is 0 Å². The van der Waals surface area contributed by atoms with Crippen molar-refractivity contribution in [1.29, 1.82) is 0 Å². The highest BCUT2D eigenvalue weighted by Gasteiger charge is 2.05. The Morgan fingerprint density at radius 3 is 2.71 bits per heavy atom. The average molecular weight is 313 g/mol. The van der Waals surface area contributed by atoms with Gasteiger partial charge in [0.2, 0.25) is 0 Å². The summed E-state index contributed by atoms with van der Waals surface area (Å²) in [5.74, 6) is 2.42. The number of halogens is 1. The van der Waals surface area contributed by atoms with Crippen LogP contribution in [0.1, 0.15) is 6.42 Å². The van der Waals surface area contributed by atoms with Crippen LogP contribution >= 0.6 is 11.8 Å². The van der Waals surface area contributed by atoms with Crippen molar-refractivity contribution in [2.45, 2.75) is 6.42 Å². The summed E-state index contributed by atoms with van der Waals surface area (Å²) in [7, 11) is 3.74. The van der Waals surface area contributed by atoms with Gasteiger partial charge < -0.3 is 15.0 Å². The van der Waals surface area contributed by atoms with E-state index in [9.17, 15) is 4.39 Å². The van der Waals surface area contributed by atoms with Crippen molar-refractivity contribution >= 4 is 17.7 Å². The third-order valence-electron chi connectivity index (χ3n) is 2.89. The molecule has 6 heteroatoms. The van der Waals surface area contributed by atoms with Gasteiger partial charge in [0.05, 0.1) is 6.54 Å². The van der Waals surface area contributed by atoms with E-state index in [0.717, 1.165) is 24.7 Å². The van der Waals surface area contributed by atoms with E-state index in [1.54, 1.807) is 19.2 Å². The summed E-state index contributed by atoms with van der Waals surface area (Å²) >= 11 is 1.84. The predicted octanol–water partition coefficient (Wildman–Crippen LogP) is 2.46. The fourth-order valence-electron chi connectivity index (χ4n) is 1.74. The van der Waals surface area contributed by atoms with Crippen LogP contribution < -0.4 is 10.1 Å². The number of benzene rings is 1. The summed E-state index contributed by atoms with van der Waals surface area (Å²) in [5.41, 5.74) is 0. The summed E-state index contributed by atoms with van der Waals surface area (Å²) in [4.78, 5) is 6.26. The molecule has 1 rings (SSSR count). The number of hydrogen-bond donors (Lipinski definition) is 1. The average Bonchev–Trinajstić information content (AvgIpc) is 2.49. The third kappa shape index (κ3) is 7.22. The maximum absolute atomic E-state index is 12.8. The van der Waals surface area contributed by atoms with E-state index in [1.165, 1.54) is 12.1 Å². The number of guanidine groups is 1. The van der Waals surface area contributed by atoms with E-state index in [-0.39, 0.29) is 5.82 Å². The Kier molecular flexibility index (Phi) is 8.66. The summed E-state index contributed by atoms with van der Waals surface area (Å²) < 4.78 is 18.3. The van der Waals surface area contributed by atoms with Gasteiger partial charge in [0.1, 0.15) is 18.2 Å². The van der Waals surface area contributed by atoms with Crippen LogP contribution in [0.25, 0.3) is 0 Å². The highest BCUT2D eigenvalue weighted by molar-refractivity contribution is 7.98. The molecule has 1 aromatic carbocycles. The van der Waals surface area contributed by atoms with Crippen molar-refractivity contribution in [2.24, 2.45) is 4.99 Å². The normalized spacial score (nSPS) is 11.3. The van der Waals surface area contributed by atoms with Gasteiger partial charge in [-0.2, -0.15) is 11.8 Å². The zero-order valence-corrected chi connectivity index (χ0v) is 13.8. The molecule has 0 unspecified atom stereocenters.